The summed E-state index contributed by atoms with van der Waals surface area (Å²) in [7, 11) is 1.65. The zero-order chi connectivity index (χ0) is 16.5. The van der Waals surface area contributed by atoms with E-state index >= 15 is 0 Å². The molecule has 2 N–H and O–H groups in total. The van der Waals surface area contributed by atoms with Gasteiger partial charge in [-0.15, -0.1) is 12.4 Å². The highest BCUT2D eigenvalue weighted by Crippen LogP contribution is 2.31. The number of halogens is 2. The van der Waals surface area contributed by atoms with Gasteiger partial charge in [-0.3, -0.25) is 4.79 Å². The molecular weight excluding hydrogens is 351 g/mol. The lowest BCUT2D eigenvalue weighted by molar-refractivity contribution is -0.123. The predicted molar refractivity (Wildman–Crippen MR) is 99.5 cm³/mol. The maximum absolute atomic E-state index is 11.8. The van der Waals surface area contributed by atoms with Gasteiger partial charge < -0.3 is 20.1 Å². The number of fused-ring (bicyclic) bond motifs is 1. The van der Waals surface area contributed by atoms with Gasteiger partial charge in [0.05, 0.1) is 6.61 Å². The van der Waals surface area contributed by atoms with Crippen molar-refractivity contribution >= 4 is 40.7 Å². The zero-order valence-electron chi connectivity index (χ0n) is 13.5. The molecule has 2 aromatic rings. The van der Waals surface area contributed by atoms with Crippen molar-refractivity contribution in [1.82, 2.24) is 10.6 Å². The lowest BCUT2D eigenvalue weighted by atomic mass is 10.1. The minimum Gasteiger partial charge on any atom is -0.483 e. The van der Waals surface area contributed by atoms with Gasteiger partial charge in [0.15, 0.2) is 6.61 Å². The Kier molecular flexibility index (Phi) is 9.49. The van der Waals surface area contributed by atoms with Crippen molar-refractivity contribution in [2.24, 2.45) is 0 Å². The molecule has 0 atom stereocenters. The van der Waals surface area contributed by atoms with Crippen LogP contribution in [0.2, 0.25) is 5.02 Å². The molecule has 5 nitrogen and oxygen atoms in total. The fourth-order valence-corrected chi connectivity index (χ4v) is 2.37. The maximum Gasteiger partial charge on any atom is 0.257 e. The van der Waals surface area contributed by atoms with E-state index in [1.807, 2.05) is 24.3 Å². The quantitative estimate of drug-likeness (QED) is 0.664. The van der Waals surface area contributed by atoms with Gasteiger partial charge in [0, 0.05) is 42.5 Å². The van der Waals surface area contributed by atoms with Gasteiger partial charge in [-0.2, -0.15) is 0 Å². The third-order valence-electron chi connectivity index (χ3n) is 3.30. The van der Waals surface area contributed by atoms with Gasteiger partial charge in [0.1, 0.15) is 5.75 Å². The van der Waals surface area contributed by atoms with Gasteiger partial charge in [0.25, 0.3) is 5.91 Å². The summed E-state index contributed by atoms with van der Waals surface area (Å²) in [6.07, 6.45) is 0. The van der Waals surface area contributed by atoms with Crippen molar-refractivity contribution in [3.8, 4) is 5.75 Å². The molecule has 0 aliphatic heterocycles. The Morgan fingerprint density at radius 2 is 1.83 bits per heavy atom. The van der Waals surface area contributed by atoms with Crippen LogP contribution in [0.3, 0.4) is 0 Å². The summed E-state index contributed by atoms with van der Waals surface area (Å²) in [5, 5.41) is 8.42. The zero-order valence-corrected chi connectivity index (χ0v) is 15.1. The highest BCUT2D eigenvalue weighted by atomic mass is 35.5. The van der Waals surface area contributed by atoms with Crippen molar-refractivity contribution in [1.29, 1.82) is 0 Å². The van der Waals surface area contributed by atoms with Gasteiger partial charge in [0.2, 0.25) is 0 Å². The molecule has 0 saturated heterocycles. The predicted octanol–water partition coefficient (Wildman–Crippen LogP) is 2.65. The van der Waals surface area contributed by atoms with Crippen molar-refractivity contribution in [3.05, 3.63) is 41.4 Å². The van der Waals surface area contributed by atoms with Crippen LogP contribution in [0.25, 0.3) is 10.8 Å². The lowest BCUT2D eigenvalue weighted by Crippen LogP contribution is -2.35. The molecule has 7 heteroatoms. The van der Waals surface area contributed by atoms with Crippen molar-refractivity contribution in [2.75, 3.05) is 40.0 Å². The Balaban J connectivity index is 0.00000288. The highest BCUT2D eigenvalue weighted by molar-refractivity contribution is 6.35. The first-order valence-corrected chi connectivity index (χ1v) is 7.86. The summed E-state index contributed by atoms with van der Waals surface area (Å²) < 4.78 is 10.5. The Morgan fingerprint density at radius 3 is 2.58 bits per heavy atom. The Hall–Kier alpha value is -1.53. The van der Waals surface area contributed by atoms with Crippen LogP contribution in [-0.2, 0) is 9.53 Å². The smallest absolute Gasteiger partial charge is 0.257 e. The first-order valence-electron chi connectivity index (χ1n) is 7.49. The number of hydrogen-bond acceptors (Lipinski definition) is 4. The van der Waals surface area contributed by atoms with Crippen LogP contribution >= 0.6 is 24.0 Å². The average molecular weight is 373 g/mol. The van der Waals surface area contributed by atoms with Crippen LogP contribution in [0.1, 0.15) is 0 Å². The number of carbonyl (C=O) groups excluding carboxylic acids is 1. The molecule has 0 aliphatic rings. The van der Waals surface area contributed by atoms with Crippen molar-refractivity contribution < 1.29 is 14.3 Å². The minimum absolute atomic E-state index is 0. The van der Waals surface area contributed by atoms with Crippen LogP contribution in [0, 0.1) is 0 Å². The summed E-state index contributed by atoms with van der Waals surface area (Å²) >= 11 is 6.16. The minimum atomic E-state index is -0.155. The highest BCUT2D eigenvalue weighted by Gasteiger charge is 2.07. The van der Waals surface area contributed by atoms with E-state index in [4.69, 9.17) is 21.1 Å². The summed E-state index contributed by atoms with van der Waals surface area (Å²) in [5.74, 6) is 0.496. The van der Waals surface area contributed by atoms with E-state index < -0.39 is 0 Å². The van der Waals surface area contributed by atoms with Crippen molar-refractivity contribution in [3.63, 3.8) is 0 Å². The van der Waals surface area contributed by atoms with E-state index in [-0.39, 0.29) is 24.9 Å². The van der Waals surface area contributed by atoms with Gasteiger partial charge >= 0.3 is 0 Å². The normalized spacial score (nSPS) is 10.2. The SMILES string of the molecule is COCCNCCNC(=O)COc1ccc(Cl)c2ccccc12.Cl. The number of amides is 1. The molecule has 0 aliphatic carbocycles. The van der Waals surface area contributed by atoms with E-state index in [0.29, 0.717) is 30.5 Å². The third-order valence-corrected chi connectivity index (χ3v) is 3.63. The van der Waals surface area contributed by atoms with Crippen LogP contribution < -0.4 is 15.4 Å². The molecule has 0 fully saturated rings. The maximum atomic E-state index is 11.8. The third kappa shape index (κ3) is 6.17. The fourth-order valence-electron chi connectivity index (χ4n) is 2.14. The first-order chi connectivity index (χ1) is 11.2. The second-order valence-corrected chi connectivity index (χ2v) is 5.38. The molecule has 0 unspecified atom stereocenters. The largest absolute Gasteiger partial charge is 0.483 e. The first kappa shape index (κ1) is 20.5. The van der Waals surface area contributed by atoms with Crippen molar-refractivity contribution in [2.45, 2.75) is 0 Å². The number of hydrogen-bond donors (Lipinski definition) is 2. The number of rotatable bonds is 9. The fraction of sp³-hybridized carbons (Fsp3) is 0.353. The molecule has 132 valence electrons. The number of carbonyl (C=O) groups is 1. The summed E-state index contributed by atoms with van der Waals surface area (Å²) in [4.78, 5) is 11.8. The molecule has 0 aromatic heterocycles. The van der Waals surface area contributed by atoms with E-state index in [0.717, 1.165) is 17.3 Å². The van der Waals surface area contributed by atoms with Crippen LogP contribution in [-0.4, -0.2) is 45.9 Å². The number of methoxy groups -OCH3 is 1. The molecule has 0 radical (unpaired) electrons. The van der Waals surface area contributed by atoms with Crippen LogP contribution in [0.5, 0.6) is 5.75 Å². The topological polar surface area (TPSA) is 59.6 Å². The van der Waals surface area contributed by atoms with Gasteiger partial charge in [-0.05, 0) is 12.1 Å². The van der Waals surface area contributed by atoms with Gasteiger partial charge in [-0.25, -0.2) is 0 Å². The van der Waals surface area contributed by atoms with E-state index in [2.05, 4.69) is 10.6 Å². The molecule has 1 amide bonds. The molecule has 2 aromatic carbocycles. The molecule has 24 heavy (non-hydrogen) atoms. The lowest BCUT2D eigenvalue weighted by Gasteiger charge is -2.11. The molecule has 0 spiro atoms. The second kappa shape index (κ2) is 11.1. The van der Waals surface area contributed by atoms with E-state index in [1.165, 1.54) is 0 Å². The average Bonchev–Trinajstić information content (AvgIpc) is 2.58. The summed E-state index contributed by atoms with van der Waals surface area (Å²) in [5.41, 5.74) is 0. The standard InChI is InChI=1S/C17H21ClN2O3.ClH/c1-22-11-10-19-8-9-20-17(21)12-23-16-7-6-15(18)13-4-2-3-5-14(13)16;/h2-7,19H,8-12H2,1H3,(H,20,21);1H. The monoisotopic (exact) mass is 372 g/mol. The molecular formula is C17H22Cl2N2O3. The molecule has 0 saturated carbocycles. The summed E-state index contributed by atoms with van der Waals surface area (Å²) in [6, 6.07) is 11.2. The molecule has 0 heterocycles. The Bertz CT molecular complexity index is 653. The van der Waals surface area contributed by atoms with E-state index in [9.17, 15) is 4.79 Å². The number of ether oxygens (including phenoxy) is 2. The number of benzene rings is 2. The van der Waals surface area contributed by atoms with E-state index in [1.54, 1.807) is 19.2 Å². The molecule has 2 rings (SSSR count). The second-order valence-electron chi connectivity index (χ2n) is 4.97. The van der Waals surface area contributed by atoms with Crippen LogP contribution in [0.4, 0.5) is 0 Å². The van der Waals surface area contributed by atoms with Gasteiger partial charge in [-0.1, -0.05) is 35.9 Å². The number of nitrogens with one attached hydrogen (secondary N) is 2. The Labute approximate surface area is 153 Å². The molecule has 0 bridgehead atoms. The van der Waals surface area contributed by atoms with Crippen LogP contribution in [0.15, 0.2) is 36.4 Å². The Morgan fingerprint density at radius 1 is 1.08 bits per heavy atom. The summed E-state index contributed by atoms with van der Waals surface area (Å²) in [6.45, 7) is 2.64.